The Labute approximate surface area is 142 Å². The van der Waals surface area contributed by atoms with Crippen molar-refractivity contribution in [1.82, 2.24) is 14.6 Å². The zero-order valence-electron chi connectivity index (χ0n) is 12.7. The summed E-state index contributed by atoms with van der Waals surface area (Å²) in [6, 6.07) is 14.6. The summed E-state index contributed by atoms with van der Waals surface area (Å²) >= 11 is 6.32. The first-order valence-corrected chi connectivity index (χ1v) is 7.72. The maximum atomic E-state index is 10.9. The van der Waals surface area contributed by atoms with Gasteiger partial charge in [-0.3, -0.25) is 4.79 Å². The van der Waals surface area contributed by atoms with Crippen LogP contribution in [0, 0.1) is 6.92 Å². The highest BCUT2D eigenvalue weighted by Gasteiger charge is 2.15. The van der Waals surface area contributed by atoms with Crippen LogP contribution in [0.2, 0.25) is 5.02 Å². The maximum absolute atomic E-state index is 10.9. The van der Waals surface area contributed by atoms with E-state index in [1.165, 1.54) is 0 Å². The number of hydrogen-bond acceptors (Lipinski definition) is 4. The highest BCUT2D eigenvalue weighted by Crippen LogP contribution is 2.32. The lowest BCUT2D eigenvalue weighted by molar-refractivity contribution is 0.112. The third-order valence-electron chi connectivity index (χ3n) is 3.74. The molecule has 24 heavy (non-hydrogen) atoms. The van der Waals surface area contributed by atoms with Crippen LogP contribution in [0.15, 0.2) is 48.5 Å². The fourth-order valence-corrected chi connectivity index (χ4v) is 2.76. The number of rotatable bonds is 3. The lowest BCUT2D eigenvalue weighted by Crippen LogP contribution is -1.97. The van der Waals surface area contributed by atoms with Gasteiger partial charge in [0.15, 0.2) is 5.65 Å². The normalized spacial score (nSPS) is 11.1. The van der Waals surface area contributed by atoms with Crippen LogP contribution >= 0.6 is 11.6 Å². The number of carbonyl (C=O) groups excluding carboxylic acids is 1. The van der Waals surface area contributed by atoms with Gasteiger partial charge in [-0.25, -0.2) is 4.52 Å². The van der Waals surface area contributed by atoms with Crippen molar-refractivity contribution in [2.75, 3.05) is 0 Å². The summed E-state index contributed by atoms with van der Waals surface area (Å²) in [6.45, 7) is 1.83. The van der Waals surface area contributed by atoms with Crippen molar-refractivity contribution >= 4 is 34.4 Å². The highest BCUT2D eigenvalue weighted by atomic mass is 35.5. The van der Waals surface area contributed by atoms with Gasteiger partial charge in [0.05, 0.1) is 16.6 Å². The number of halogens is 1. The lowest BCUT2D eigenvalue weighted by Gasteiger charge is -2.09. The van der Waals surface area contributed by atoms with Crippen molar-refractivity contribution in [1.29, 1.82) is 0 Å². The summed E-state index contributed by atoms with van der Waals surface area (Å²) < 4.78 is 7.65. The molecule has 0 atom stereocenters. The number of nitrogens with zero attached hydrogens (tertiary/aromatic N) is 3. The predicted octanol–water partition coefficient (Wildman–Crippen LogP) is 4.45. The minimum Gasteiger partial charge on any atom is -0.438 e. The van der Waals surface area contributed by atoms with E-state index in [1.54, 1.807) is 28.8 Å². The SMILES string of the molecule is Cc1nn2c(nc(Oc3cccc(C=O)c3)c3ccccc32)c1Cl. The molecule has 0 N–H and O–H groups in total. The largest absolute Gasteiger partial charge is 0.438 e. The number of aryl methyl sites for hydroxylation is 1. The van der Waals surface area contributed by atoms with Gasteiger partial charge in [-0.2, -0.15) is 10.1 Å². The van der Waals surface area contributed by atoms with Gasteiger partial charge < -0.3 is 4.74 Å². The molecule has 0 spiro atoms. The summed E-state index contributed by atoms with van der Waals surface area (Å²) in [4.78, 5) is 15.5. The first kappa shape index (κ1) is 14.7. The van der Waals surface area contributed by atoms with E-state index in [4.69, 9.17) is 16.3 Å². The number of para-hydroxylation sites is 1. The number of aromatic nitrogens is 3. The zero-order chi connectivity index (χ0) is 16.7. The third-order valence-corrected chi connectivity index (χ3v) is 4.19. The van der Waals surface area contributed by atoms with E-state index in [0.29, 0.717) is 33.6 Å². The number of hydrogen-bond donors (Lipinski definition) is 0. The van der Waals surface area contributed by atoms with E-state index >= 15 is 0 Å². The Balaban J connectivity index is 1.95. The van der Waals surface area contributed by atoms with Crippen LogP contribution < -0.4 is 4.74 Å². The quantitative estimate of drug-likeness (QED) is 0.518. The van der Waals surface area contributed by atoms with E-state index in [1.807, 2.05) is 31.2 Å². The van der Waals surface area contributed by atoms with E-state index < -0.39 is 0 Å². The van der Waals surface area contributed by atoms with Gasteiger partial charge in [-0.15, -0.1) is 0 Å². The molecule has 0 unspecified atom stereocenters. The van der Waals surface area contributed by atoms with Gasteiger partial charge in [-0.1, -0.05) is 35.9 Å². The average Bonchev–Trinajstić information content (AvgIpc) is 2.90. The van der Waals surface area contributed by atoms with Crippen LogP contribution in [-0.2, 0) is 0 Å². The first-order chi connectivity index (χ1) is 11.7. The first-order valence-electron chi connectivity index (χ1n) is 7.34. The summed E-state index contributed by atoms with van der Waals surface area (Å²) in [7, 11) is 0. The van der Waals surface area contributed by atoms with E-state index in [2.05, 4.69) is 10.1 Å². The molecule has 0 amide bonds. The topological polar surface area (TPSA) is 56.5 Å². The number of ether oxygens (including phenoxy) is 1. The Morgan fingerprint density at radius 1 is 1.17 bits per heavy atom. The molecule has 0 aliphatic heterocycles. The molecular weight excluding hydrogens is 326 g/mol. The van der Waals surface area contributed by atoms with E-state index in [-0.39, 0.29) is 0 Å². The molecule has 0 aliphatic carbocycles. The lowest BCUT2D eigenvalue weighted by atomic mass is 10.2. The maximum Gasteiger partial charge on any atom is 0.230 e. The van der Waals surface area contributed by atoms with Crippen LogP contribution in [0.3, 0.4) is 0 Å². The summed E-state index contributed by atoms with van der Waals surface area (Å²) in [5.74, 6) is 0.955. The second-order valence-corrected chi connectivity index (χ2v) is 5.74. The van der Waals surface area contributed by atoms with E-state index in [9.17, 15) is 4.79 Å². The van der Waals surface area contributed by atoms with Crippen molar-refractivity contribution in [3.63, 3.8) is 0 Å². The van der Waals surface area contributed by atoms with Gasteiger partial charge >= 0.3 is 0 Å². The van der Waals surface area contributed by atoms with E-state index in [0.717, 1.165) is 17.2 Å². The van der Waals surface area contributed by atoms with Gasteiger partial charge in [-0.05, 0) is 31.2 Å². The van der Waals surface area contributed by atoms with Gasteiger partial charge in [0, 0.05) is 5.56 Å². The zero-order valence-corrected chi connectivity index (χ0v) is 13.5. The Bertz CT molecular complexity index is 1090. The average molecular weight is 338 g/mol. The van der Waals surface area contributed by atoms with Crippen molar-refractivity contribution in [2.45, 2.75) is 6.92 Å². The molecule has 0 bridgehead atoms. The Morgan fingerprint density at radius 2 is 2.00 bits per heavy atom. The van der Waals surface area contributed by atoms with Gasteiger partial charge in [0.1, 0.15) is 17.1 Å². The summed E-state index contributed by atoms with van der Waals surface area (Å²) in [5, 5.41) is 5.74. The second kappa shape index (κ2) is 5.62. The van der Waals surface area contributed by atoms with Crippen LogP contribution in [0.5, 0.6) is 11.6 Å². The molecule has 5 nitrogen and oxygen atoms in total. The number of benzene rings is 2. The van der Waals surface area contributed by atoms with Gasteiger partial charge in [0.2, 0.25) is 5.88 Å². The monoisotopic (exact) mass is 337 g/mol. The van der Waals surface area contributed by atoms with Crippen LogP contribution in [0.4, 0.5) is 0 Å². The molecule has 0 aliphatic rings. The molecule has 0 fully saturated rings. The Kier molecular flexibility index (Phi) is 3.43. The Morgan fingerprint density at radius 3 is 2.83 bits per heavy atom. The molecule has 0 saturated heterocycles. The molecular formula is C18H12ClN3O2. The fourth-order valence-electron chi connectivity index (χ4n) is 2.60. The Hall–Kier alpha value is -2.92. The van der Waals surface area contributed by atoms with Crippen LogP contribution in [0.1, 0.15) is 16.1 Å². The second-order valence-electron chi connectivity index (χ2n) is 5.36. The van der Waals surface area contributed by atoms with Crippen LogP contribution in [0.25, 0.3) is 16.6 Å². The molecule has 2 aromatic heterocycles. The smallest absolute Gasteiger partial charge is 0.230 e. The minimum atomic E-state index is 0.419. The molecule has 118 valence electrons. The number of carbonyl (C=O) groups is 1. The molecule has 6 heteroatoms. The molecule has 2 heterocycles. The van der Waals surface area contributed by atoms with Crippen molar-refractivity contribution < 1.29 is 9.53 Å². The molecule has 2 aromatic carbocycles. The number of fused-ring (bicyclic) bond motifs is 3. The summed E-state index contributed by atoms with van der Waals surface area (Å²) in [6.07, 6.45) is 0.777. The van der Waals surface area contributed by atoms with Crippen LogP contribution in [-0.4, -0.2) is 20.9 Å². The van der Waals surface area contributed by atoms with Crippen molar-refractivity contribution in [2.24, 2.45) is 0 Å². The molecule has 4 rings (SSSR count). The van der Waals surface area contributed by atoms with Gasteiger partial charge in [0.25, 0.3) is 0 Å². The molecule has 0 radical (unpaired) electrons. The minimum absolute atomic E-state index is 0.419. The third kappa shape index (κ3) is 2.30. The standard InChI is InChI=1S/C18H12ClN3O2/c1-11-16(19)17-20-18(24-13-6-4-5-12(9-13)10-23)14-7-2-3-8-15(14)22(17)21-11/h2-10H,1H3. The molecule has 0 saturated carbocycles. The summed E-state index contributed by atoms with van der Waals surface area (Å²) in [5.41, 5.74) is 2.62. The predicted molar refractivity (Wildman–Crippen MR) is 92.1 cm³/mol. The molecule has 4 aromatic rings. The highest BCUT2D eigenvalue weighted by molar-refractivity contribution is 6.34. The van der Waals surface area contributed by atoms with Crippen molar-refractivity contribution in [3.05, 3.63) is 64.8 Å². The van der Waals surface area contributed by atoms with Crippen molar-refractivity contribution in [3.8, 4) is 11.6 Å². The fraction of sp³-hybridized carbons (Fsp3) is 0.0556. The number of aldehydes is 1.